The minimum atomic E-state index is 0.640. The summed E-state index contributed by atoms with van der Waals surface area (Å²) in [6.45, 7) is 0. The van der Waals surface area contributed by atoms with Crippen LogP contribution in [0.15, 0.2) is 53.0 Å². The first-order valence-corrected chi connectivity index (χ1v) is 6.57. The summed E-state index contributed by atoms with van der Waals surface area (Å²) in [6.07, 6.45) is 3.51. The molecule has 6 heteroatoms. The molecule has 19 heavy (non-hydrogen) atoms. The van der Waals surface area contributed by atoms with Gasteiger partial charge in [0.25, 0.3) is 0 Å². The van der Waals surface area contributed by atoms with Gasteiger partial charge in [-0.25, -0.2) is 4.98 Å². The van der Waals surface area contributed by atoms with E-state index in [4.69, 9.17) is 0 Å². The van der Waals surface area contributed by atoms with Gasteiger partial charge in [-0.15, -0.1) is 10.2 Å². The molecular formula is C13H11N5S. The van der Waals surface area contributed by atoms with Crippen molar-refractivity contribution in [3.63, 3.8) is 0 Å². The Labute approximate surface area is 114 Å². The van der Waals surface area contributed by atoms with E-state index >= 15 is 0 Å². The highest BCUT2D eigenvalue weighted by molar-refractivity contribution is 7.21. The normalized spacial score (nSPS) is 11.2. The highest BCUT2D eigenvalue weighted by Gasteiger charge is 2.01. The lowest BCUT2D eigenvalue weighted by atomic mass is 10.3. The van der Waals surface area contributed by atoms with Crippen molar-refractivity contribution in [2.45, 2.75) is 0 Å². The van der Waals surface area contributed by atoms with Crippen LogP contribution < -0.4 is 5.32 Å². The molecule has 0 unspecified atom stereocenters. The first-order valence-electron chi connectivity index (χ1n) is 5.75. The van der Waals surface area contributed by atoms with Crippen LogP contribution >= 0.6 is 11.3 Å². The number of benzene rings is 1. The van der Waals surface area contributed by atoms with Crippen molar-refractivity contribution in [2.24, 2.45) is 10.2 Å². The smallest absolute Gasteiger partial charge is 0.231 e. The molecule has 5 nitrogen and oxygen atoms in total. The SMILES string of the molecule is CNc1ccc(N=Nc2nc3ccncc3s2)cc1. The van der Waals surface area contributed by atoms with Gasteiger partial charge in [0.05, 0.1) is 15.9 Å². The van der Waals surface area contributed by atoms with E-state index in [-0.39, 0.29) is 0 Å². The number of pyridine rings is 1. The van der Waals surface area contributed by atoms with E-state index in [9.17, 15) is 0 Å². The lowest BCUT2D eigenvalue weighted by Gasteiger charge is -1.97. The average molecular weight is 269 g/mol. The fraction of sp³-hybridized carbons (Fsp3) is 0.0769. The van der Waals surface area contributed by atoms with Crippen molar-refractivity contribution in [3.05, 3.63) is 42.7 Å². The van der Waals surface area contributed by atoms with Gasteiger partial charge in [0.2, 0.25) is 5.13 Å². The molecule has 0 saturated heterocycles. The summed E-state index contributed by atoms with van der Waals surface area (Å²) in [4.78, 5) is 8.42. The van der Waals surface area contributed by atoms with Gasteiger partial charge < -0.3 is 5.32 Å². The van der Waals surface area contributed by atoms with Crippen LogP contribution in [0.25, 0.3) is 10.2 Å². The van der Waals surface area contributed by atoms with Gasteiger partial charge in [-0.3, -0.25) is 4.98 Å². The number of hydrogen-bond donors (Lipinski definition) is 1. The van der Waals surface area contributed by atoms with Crippen LogP contribution in [-0.2, 0) is 0 Å². The Kier molecular flexibility index (Phi) is 3.16. The lowest BCUT2D eigenvalue weighted by Crippen LogP contribution is -1.84. The van der Waals surface area contributed by atoms with Crippen molar-refractivity contribution < 1.29 is 0 Å². The summed E-state index contributed by atoms with van der Waals surface area (Å²) in [6, 6.07) is 9.59. The Hall–Kier alpha value is -2.34. The summed E-state index contributed by atoms with van der Waals surface area (Å²) in [5.41, 5.74) is 2.75. The van der Waals surface area contributed by atoms with Crippen LogP contribution in [0, 0.1) is 0 Å². The van der Waals surface area contributed by atoms with Crippen LogP contribution in [-0.4, -0.2) is 17.0 Å². The van der Waals surface area contributed by atoms with Crippen LogP contribution in [0.2, 0.25) is 0 Å². The molecular weight excluding hydrogens is 258 g/mol. The standard InChI is InChI=1S/C13H11N5S/c1-14-9-2-4-10(5-3-9)17-18-13-16-11-6-7-15-8-12(11)19-13/h2-8,14H,1H3. The van der Waals surface area contributed by atoms with E-state index in [0.717, 1.165) is 21.6 Å². The van der Waals surface area contributed by atoms with E-state index in [1.807, 2.05) is 37.4 Å². The van der Waals surface area contributed by atoms with E-state index in [1.165, 1.54) is 11.3 Å². The Morgan fingerprint density at radius 3 is 2.68 bits per heavy atom. The van der Waals surface area contributed by atoms with Crippen LogP contribution in [0.5, 0.6) is 0 Å². The summed E-state index contributed by atoms with van der Waals surface area (Å²) in [7, 11) is 1.88. The molecule has 1 N–H and O–H groups in total. The summed E-state index contributed by atoms with van der Waals surface area (Å²) >= 11 is 1.48. The zero-order valence-electron chi connectivity index (χ0n) is 10.2. The summed E-state index contributed by atoms with van der Waals surface area (Å²) < 4.78 is 1.02. The van der Waals surface area contributed by atoms with Gasteiger partial charge >= 0.3 is 0 Å². The number of aromatic nitrogens is 2. The molecule has 0 atom stereocenters. The Morgan fingerprint density at radius 2 is 1.95 bits per heavy atom. The molecule has 0 spiro atoms. The van der Waals surface area contributed by atoms with Gasteiger partial charge in [-0.2, -0.15) is 0 Å². The molecule has 2 aromatic heterocycles. The van der Waals surface area contributed by atoms with Crippen molar-refractivity contribution in [3.8, 4) is 0 Å². The largest absolute Gasteiger partial charge is 0.388 e. The molecule has 94 valence electrons. The average Bonchev–Trinajstić information content (AvgIpc) is 2.88. The van der Waals surface area contributed by atoms with Gasteiger partial charge in [0.1, 0.15) is 0 Å². The third-order valence-corrected chi connectivity index (χ3v) is 3.48. The number of fused-ring (bicyclic) bond motifs is 1. The predicted octanol–water partition coefficient (Wildman–Crippen LogP) is 4.15. The first-order chi connectivity index (χ1) is 9.35. The fourth-order valence-electron chi connectivity index (χ4n) is 1.61. The second-order valence-corrected chi connectivity index (χ2v) is 4.85. The predicted molar refractivity (Wildman–Crippen MR) is 77.6 cm³/mol. The van der Waals surface area contributed by atoms with Crippen LogP contribution in [0.1, 0.15) is 0 Å². The summed E-state index contributed by atoms with van der Waals surface area (Å²) in [5, 5.41) is 12.0. The maximum atomic E-state index is 4.37. The number of azo groups is 1. The molecule has 3 aromatic rings. The quantitative estimate of drug-likeness (QED) is 0.726. The van der Waals surface area contributed by atoms with Crippen LogP contribution in [0.3, 0.4) is 0 Å². The number of nitrogens with zero attached hydrogens (tertiary/aromatic N) is 4. The maximum absolute atomic E-state index is 4.37. The van der Waals surface area contributed by atoms with Crippen molar-refractivity contribution >= 4 is 38.1 Å². The molecule has 2 heterocycles. The molecule has 0 fully saturated rings. The van der Waals surface area contributed by atoms with Crippen molar-refractivity contribution in [1.29, 1.82) is 0 Å². The number of hydrogen-bond acceptors (Lipinski definition) is 6. The highest BCUT2D eigenvalue weighted by atomic mass is 32.1. The molecule has 1 aromatic carbocycles. The first kappa shape index (κ1) is 11.7. The molecule has 3 rings (SSSR count). The molecule has 0 radical (unpaired) electrons. The molecule has 0 saturated carbocycles. The van der Waals surface area contributed by atoms with Gasteiger partial charge in [-0.1, -0.05) is 11.3 Å². The third-order valence-electron chi connectivity index (χ3n) is 2.59. The summed E-state index contributed by atoms with van der Waals surface area (Å²) in [5.74, 6) is 0. The zero-order valence-corrected chi connectivity index (χ0v) is 11.1. The van der Waals surface area contributed by atoms with E-state index < -0.39 is 0 Å². The number of rotatable bonds is 3. The second kappa shape index (κ2) is 5.11. The number of anilines is 1. The Morgan fingerprint density at radius 1 is 1.11 bits per heavy atom. The van der Waals surface area contributed by atoms with E-state index in [1.54, 1.807) is 12.4 Å². The second-order valence-electron chi connectivity index (χ2n) is 3.84. The molecule has 0 aliphatic heterocycles. The number of nitrogens with one attached hydrogen (secondary N) is 1. The molecule has 0 bridgehead atoms. The minimum absolute atomic E-state index is 0.640. The van der Waals surface area contributed by atoms with E-state index in [0.29, 0.717) is 5.13 Å². The zero-order chi connectivity index (χ0) is 13.1. The molecule has 0 aliphatic rings. The van der Waals surface area contributed by atoms with Crippen molar-refractivity contribution in [1.82, 2.24) is 9.97 Å². The fourth-order valence-corrected chi connectivity index (χ4v) is 2.36. The van der Waals surface area contributed by atoms with Crippen molar-refractivity contribution in [2.75, 3.05) is 12.4 Å². The lowest BCUT2D eigenvalue weighted by molar-refractivity contribution is 1.21. The van der Waals surface area contributed by atoms with Crippen LogP contribution in [0.4, 0.5) is 16.5 Å². The maximum Gasteiger partial charge on any atom is 0.231 e. The molecule has 0 amide bonds. The molecule has 0 aliphatic carbocycles. The third kappa shape index (κ3) is 2.58. The van der Waals surface area contributed by atoms with Gasteiger partial charge in [0, 0.05) is 25.1 Å². The van der Waals surface area contributed by atoms with Gasteiger partial charge in [-0.05, 0) is 30.3 Å². The van der Waals surface area contributed by atoms with Gasteiger partial charge in [0.15, 0.2) is 0 Å². The monoisotopic (exact) mass is 269 g/mol. The highest BCUT2D eigenvalue weighted by Crippen LogP contribution is 2.28. The van der Waals surface area contributed by atoms with E-state index in [2.05, 4.69) is 25.5 Å². The number of thiazole rings is 1. The topological polar surface area (TPSA) is 62.5 Å². The Balaban J connectivity index is 1.84. The minimum Gasteiger partial charge on any atom is -0.388 e. The Bertz CT molecular complexity index is 684.